The summed E-state index contributed by atoms with van der Waals surface area (Å²) in [6.45, 7) is 3.15. The van der Waals surface area contributed by atoms with Crippen LogP contribution in [-0.2, 0) is 24.2 Å². The summed E-state index contributed by atoms with van der Waals surface area (Å²) >= 11 is 6.28. The van der Waals surface area contributed by atoms with Crippen LogP contribution in [0.15, 0.2) is 60.7 Å². The lowest BCUT2D eigenvalue weighted by Crippen LogP contribution is -2.40. The number of para-hydroxylation sites is 1. The predicted octanol–water partition coefficient (Wildman–Crippen LogP) is 5.53. The summed E-state index contributed by atoms with van der Waals surface area (Å²) in [6.07, 6.45) is 2.94. The van der Waals surface area contributed by atoms with Gasteiger partial charge in [0.05, 0.1) is 11.6 Å². The number of rotatable bonds is 3. The number of anilines is 1. The van der Waals surface area contributed by atoms with Crippen LogP contribution in [0.2, 0.25) is 5.02 Å². The minimum absolute atomic E-state index is 0.0339. The van der Waals surface area contributed by atoms with Crippen molar-refractivity contribution >= 4 is 23.2 Å². The number of phenols is 1. The molecule has 3 aromatic carbocycles. The molecule has 5 heteroatoms. The number of amides is 1. The molecule has 1 aliphatic heterocycles. The highest BCUT2D eigenvalue weighted by molar-refractivity contribution is 6.32. The average Bonchev–Trinajstić information content (AvgIpc) is 2.95. The van der Waals surface area contributed by atoms with E-state index in [0.717, 1.165) is 31.5 Å². The average molecular weight is 461 g/mol. The van der Waals surface area contributed by atoms with Crippen molar-refractivity contribution in [2.75, 3.05) is 18.5 Å². The van der Waals surface area contributed by atoms with Gasteiger partial charge >= 0.3 is 0 Å². The lowest BCUT2D eigenvalue weighted by molar-refractivity contribution is -0.116. The molecule has 0 spiro atoms. The van der Waals surface area contributed by atoms with E-state index in [1.165, 1.54) is 27.8 Å². The van der Waals surface area contributed by atoms with Gasteiger partial charge in [0.2, 0.25) is 5.91 Å². The van der Waals surface area contributed by atoms with Crippen LogP contribution in [0.4, 0.5) is 5.69 Å². The molecule has 33 heavy (non-hydrogen) atoms. The molecule has 0 aromatic heterocycles. The van der Waals surface area contributed by atoms with Crippen LogP contribution in [0, 0.1) is 0 Å². The SMILES string of the molecule is CC(=O)N(Cc1cccc2c1CC[C@H]1[C@H]2c2cc(O)c(Cl)cc2CCN1C)c1ccccc1. The zero-order chi connectivity index (χ0) is 23.1. The smallest absolute Gasteiger partial charge is 0.224 e. The molecule has 0 radical (unpaired) electrons. The molecule has 0 saturated heterocycles. The van der Waals surface area contributed by atoms with Crippen molar-refractivity contribution in [1.29, 1.82) is 0 Å². The third-order valence-electron chi connectivity index (χ3n) is 7.34. The van der Waals surface area contributed by atoms with E-state index in [4.69, 9.17) is 11.6 Å². The van der Waals surface area contributed by atoms with E-state index in [9.17, 15) is 9.90 Å². The maximum absolute atomic E-state index is 12.5. The van der Waals surface area contributed by atoms with E-state index in [1.807, 2.05) is 47.4 Å². The second kappa shape index (κ2) is 8.85. The summed E-state index contributed by atoms with van der Waals surface area (Å²) in [5.41, 5.74) is 7.13. The molecular formula is C28H29ClN2O2. The van der Waals surface area contributed by atoms with Gasteiger partial charge in [0.15, 0.2) is 0 Å². The van der Waals surface area contributed by atoms with Crippen molar-refractivity contribution in [3.05, 3.63) is 93.5 Å². The molecule has 2 aliphatic rings. The molecule has 1 N–H and O–H groups in total. The number of benzene rings is 3. The standard InChI is InChI=1S/C28H29ClN2O2/c1-18(32)31(21-8-4-3-5-9-21)17-20-7-6-10-23-22(20)11-12-26-28(23)24-16-27(33)25(29)15-19(24)13-14-30(26)2/h3-10,15-16,26,28,33H,11-14,17H2,1-2H3/t26-,28+/m0/s1. The zero-order valence-corrected chi connectivity index (χ0v) is 19.8. The maximum atomic E-state index is 12.5. The fourth-order valence-electron chi connectivity index (χ4n) is 5.67. The zero-order valence-electron chi connectivity index (χ0n) is 19.1. The molecular weight excluding hydrogens is 432 g/mol. The maximum Gasteiger partial charge on any atom is 0.224 e. The lowest BCUT2D eigenvalue weighted by Gasteiger charge is -2.39. The van der Waals surface area contributed by atoms with E-state index < -0.39 is 0 Å². The molecule has 0 bridgehead atoms. The van der Waals surface area contributed by atoms with E-state index >= 15 is 0 Å². The van der Waals surface area contributed by atoms with Crippen LogP contribution in [0.5, 0.6) is 5.75 Å². The second-order valence-electron chi connectivity index (χ2n) is 9.24. The van der Waals surface area contributed by atoms with Crippen LogP contribution in [-0.4, -0.2) is 35.5 Å². The van der Waals surface area contributed by atoms with E-state index in [-0.39, 0.29) is 17.6 Å². The first-order chi connectivity index (χ1) is 15.9. The minimum Gasteiger partial charge on any atom is -0.506 e. The molecule has 3 aromatic rings. The number of carbonyl (C=O) groups is 1. The van der Waals surface area contributed by atoms with Gasteiger partial charge in [0.1, 0.15) is 5.75 Å². The predicted molar refractivity (Wildman–Crippen MR) is 133 cm³/mol. The minimum atomic E-state index is 0.0339. The van der Waals surface area contributed by atoms with Gasteiger partial charge in [-0.2, -0.15) is 0 Å². The van der Waals surface area contributed by atoms with Crippen LogP contribution >= 0.6 is 11.6 Å². The first-order valence-corrected chi connectivity index (χ1v) is 12.0. The molecule has 170 valence electrons. The fraction of sp³-hybridized carbons (Fsp3) is 0.321. The highest BCUT2D eigenvalue weighted by Gasteiger charge is 2.37. The third kappa shape index (κ3) is 4.03. The summed E-state index contributed by atoms with van der Waals surface area (Å²) in [7, 11) is 2.20. The molecule has 2 atom stereocenters. The summed E-state index contributed by atoms with van der Waals surface area (Å²) < 4.78 is 0. The Labute approximate surface area is 200 Å². The largest absolute Gasteiger partial charge is 0.506 e. The number of likely N-dealkylation sites (N-methyl/N-ethyl adjacent to an activating group) is 1. The Hall–Kier alpha value is -2.82. The number of nitrogens with zero attached hydrogens (tertiary/aromatic N) is 2. The van der Waals surface area contributed by atoms with Crippen LogP contribution in [0.3, 0.4) is 0 Å². The first-order valence-electron chi connectivity index (χ1n) is 11.6. The molecule has 1 aliphatic carbocycles. The Morgan fingerprint density at radius 3 is 2.64 bits per heavy atom. The molecule has 0 saturated carbocycles. The monoisotopic (exact) mass is 460 g/mol. The third-order valence-corrected chi connectivity index (χ3v) is 7.64. The van der Waals surface area contributed by atoms with Gasteiger partial charge in [-0.25, -0.2) is 0 Å². The van der Waals surface area contributed by atoms with Crippen LogP contribution < -0.4 is 4.90 Å². The Balaban J connectivity index is 1.60. The van der Waals surface area contributed by atoms with E-state index in [1.54, 1.807) is 6.92 Å². The number of carbonyl (C=O) groups excluding carboxylic acids is 1. The van der Waals surface area contributed by atoms with Crippen molar-refractivity contribution in [1.82, 2.24) is 4.90 Å². The van der Waals surface area contributed by atoms with E-state index in [0.29, 0.717) is 17.6 Å². The highest BCUT2D eigenvalue weighted by atomic mass is 35.5. The molecule has 0 fully saturated rings. The molecule has 5 rings (SSSR count). The molecule has 1 amide bonds. The summed E-state index contributed by atoms with van der Waals surface area (Å²) in [5.74, 6) is 0.349. The van der Waals surface area contributed by atoms with Gasteiger partial charge in [-0.1, -0.05) is 48.0 Å². The number of halogens is 1. The van der Waals surface area contributed by atoms with E-state index in [2.05, 4.69) is 30.1 Å². The Morgan fingerprint density at radius 1 is 1.09 bits per heavy atom. The van der Waals surface area contributed by atoms with Gasteiger partial charge < -0.3 is 14.9 Å². The molecule has 1 heterocycles. The fourth-order valence-corrected chi connectivity index (χ4v) is 5.85. The van der Waals surface area contributed by atoms with Crippen LogP contribution in [0.25, 0.3) is 0 Å². The van der Waals surface area contributed by atoms with Crippen molar-refractivity contribution in [3.63, 3.8) is 0 Å². The Morgan fingerprint density at radius 2 is 1.88 bits per heavy atom. The van der Waals surface area contributed by atoms with Crippen molar-refractivity contribution < 1.29 is 9.90 Å². The molecule has 0 unspecified atom stereocenters. The number of aromatic hydroxyl groups is 1. The van der Waals surface area contributed by atoms with Gasteiger partial charge in [-0.3, -0.25) is 4.79 Å². The van der Waals surface area contributed by atoms with Crippen molar-refractivity contribution in [3.8, 4) is 5.75 Å². The number of hydrogen-bond acceptors (Lipinski definition) is 3. The van der Waals surface area contributed by atoms with Gasteiger partial charge in [0, 0.05) is 31.1 Å². The van der Waals surface area contributed by atoms with Gasteiger partial charge in [0.25, 0.3) is 0 Å². The van der Waals surface area contributed by atoms with Gasteiger partial charge in [-0.15, -0.1) is 0 Å². The topological polar surface area (TPSA) is 43.8 Å². The van der Waals surface area contributed by atoms with Crippen molar-refractivity contribution in [2.45, 2.75) is 44.7 Å². The summed E-state index contributed by atoms with van der Waals surface area (Å²) in [4.78, 5) is 16.8. The number of phenolic OH excluding ortho intramolecular Hbond substituents is 1. The number of fused-ring (bicyclic) bond motifs is 5. The van der Waals surface area contributed by atoms with Crippen molar-refractivity contribution in [2.24, 2.45) is 0 Å². The normalized spacial score (nSPS) is 19.7. The van der Waals surface area contributed by atoms with Gasteiger partial charge in [-0.05, 0) is 78.4 Å². The highest BCUT2D eigenvalue weighted by Crippen LogP contribution is 2.45. The summed E-state index contributed by atoms with van der Waals surface area (Å²) in [6, 6.07) is 20.5. The quantitative estimate of drug-likeness (QED) is 0.558. The summed E-state index contributed by atoms with van der Waals surface area (Å²) in [5, 5.41) is 10.9. The Kier molecular flexibility index (Phi) is 5.90. The number of hydrogen-bond donors (Lipinski definition) is 1. The lowest BCUT2D eigenvalue weighted by atomic mass is 9.73. The Bertz CT molecular complexity index is 1190. The van der Waals surface area contributed by atoms with Crippen LogP contribution in [0.1, 0.15) is 47.1 Å². The molecule has 4 nitrogen and oxygen atoms in total. The second-order valence-corrected chi connectivity index (χ2v) is 9.65. The first kappa shape index (κ1) is 22.0.